The first-order valence-electron chi connectivity index (χ1n) is 27.6. The van der Waals surface area contributed by atoms with Crippen LogP contribution in [0.5, 0.6) is 0 Å². The van der Waals surface area contributed by atoms with E-state index in [1.165, 1.54) is 25.7 Å². The van der Waals surface area contributed by atoms with Crippen LogP contribution in [0.15, 0.2) is 0 Å². The van der Waals surface area contributed by atoms with Crippen molar-refractivity contribution in [2.45, 2.75) is 245 Å². The first-order valence-corrected chi connectivity index (χ1v) is 30.1. The Morgan fingerprint density at radius 1 is 0.418 bits per heavy atom. The van der Waals surface area contributed by atoms with Gasteiger partial charge in [0.15, 0.2) is 16.8 Å². The fourth-order valence-corrected chi connectivity index (χ4v) is 21.7. The van der Waals surface area contributed by atoms with Gasteiger partial charge < -0.3 is 41.8 Å². The Hall–Kier alpha value is 0.500. The minimum absolute atomic E-state index is 0.0642. The lowest BCUT2D eigenvalue weighted by molar-refractivity contribution is -0.199. The molecule has 0 amide bonds. The second kappa shape index (κ2) is 20.0. The van der Waals surface area contributed by atoms with Crippen LogP contribution in [0.2, 0.25) is 0 Å². The van der Waals surface area contributed by atoms with Crippen molar-refractivity contribution in [3.8, 4) is 0 Å². The fourth-order valence-electron chi connectivity index (χ4n) is 16.9. The van der Waals surface area contributed by atoms with Crippen LogP contribution < -0.4 is 0 Å². The summed E-state index contributed by atoms with van der Waals surface area (Å²) in [5.74, 6) is 3.90. The molecule has 9 fully saturated rings. The molecule has 0 aromatic heterocycles. The highest BCUT2D eigenvalue weighted by Gasteiger charge is 2.64. The quantitative estimate of drug-likeness (QED) is 0.242. The molecule has 3 saturated heterocycles. The number of ether oxygens (including phenoxy) is 5. The summed E-state index contributed by atoms with van der Waals surface area (Å²) in [6.45, 7) is 29.6. The molecule has 0 aromatic carbocycles. The number of methoxy groups -OCH3 is 4. The minimum atomic E-state index is -1.28. The lowest BCUT2D eigenvalue weighted by atomic mass is 9.57. The Labute approximate surface area is 411 Å². The predicted molar refractivity (Wildman–Crippen MR) is 270 cm³/mol. The van der Waals surface area contributed by atoms with Crippen LogP contribution in [0.1, 0.15) is 173 Å². The van der Waals surface area contributed by atoms with Crippen LogP contribution >= 0.6 is 16.8 Å². The van der Waals surface area contributed by atoms with Crippen LogP contribution in [0, 0.1) is 80.8 Å². The molecule has 386 valence electrons. The van der Waals surface area contributed by atoms with Gasteiger partial charge in [0.1, 0.15) is 0 Å². The lowest BCUT2D eigenvalue weighted by Gasteiger charge is -2.60. The molecule has 11 heteroatoms. The molecule has 0 bridgehead atoms. The van der Waals surface area contributed by atoms with E-state index in [-0.39, 0.29) is 94.0 Å². The van der Waals surface area contributed by atoms with Gasteiger partial charge in [0.05, 0.1) is 72.4 Å². The molecule has 6 saturated carbocycles. The molecule has 0 N–H and O–H groups in total. The molecule has 3 aliphatic heterocycles. The SMILES string of the molecule is COC1CC(C)C2OP(C3CCCC4C3OC3C(P5OC6C(CC(OC)CC6C(C)(C)C)C6CC(OC)CC(C(C)(C)C)C6O5)CCCC3C4(C)C)OC3C(CC(OC)CC3C(C)(C)C)C2C1. The Kier molecular flexibility index (Phi) is 15.6. The van der Waals surface area contributed by atoms with Crippen LogP contribution in [0.25, 0.3) is 0 Å². The fraction of sp³-hybridized carbons (Fsp3) is 1.00. The Morgan fingerprint density at radius 2 is 0.731 bits per heavy atom. The predicted octanol–water partition coefficient (Wildman–Crippen LogP) is 13.6. The van der Waals surface area contributed by atoms with Crippen molar-refractivity contribution in [1.82, 2.24) is 0 Å². The number of fused-ring (bicyclic) bond motifs is 8. The average Bonchev–Trinajstić information content (AvgIpc) is 3.55. The summed E-state index contributed by atoms with van der Waals surface area (Å²) in [6, 6.07) is 0. The van der Waals surface area contributed by atoms with Gasteiger partial charge in [-0.25, -0.2) is 0 Å². The van der Waals surface area contributed by atoms with Crippen LogP contribution in [0.3, 0.4) is 0 Å². The zero-order chi connectivity index (χ0) is 48.1. The van der Waals surface area contributed by atoms with E-state index in [0.29, 0.717) is 59.2 Å². The van der Waals surface area contributed by atoms with Crippen LogP contribution in [-0.4, -0.2) is 101 Å². The normalized spacial score (nSPS) is 50.5. The van der Waals surface area contributed by atoms with Gasteiger partial charge >= 0.3 is 0 Å². The van der Waals surface area contributed by atoms with E-state index in [0.717, 1.165) is 64.2 Å². The molecule has 9 aliphatic rings. The molecule has 6 aliphatic carbocycles. The zero-order valence-electron chi connectivity index (χ0n) is 45.2. The molecule has 0 radical (unpaired) electrons. The van der Waals surface area contributed by atoms with Crippen LogP contribution in [-0.2, 0) is 41.8 Å². The molecule has 23 unspecified atom stereocenters. The van der Waals surface area contributed by atoms with Crippen molar-refractivity contribution in [2.75, 3.05) is 28.4 Å². The molecule has 23 atom stereocenters. The smallest absolute Gasteiger partial charge is 0.177 e. The van der Waals surface area contributed by atoms with E-state index in [4.69, 9.17) is 41.8 Å². The highest BCUT2D eigenvalue weighted by atomic mass is 31.2. The molecule has 9 nitrogen and oxygen atoms in total. The van der Waals surface area contributed by atoms with E-state index < -0.39 is 16.8 Å². The van der Waals surface area contributed by atoms with Gasteiger partial charge in [-0.05, 0) is 158 Å². The van der Waals surface area contributed by atoms with Crippen LogP contribution in [0.4, 0.5) is 0 Å². The first-order chi connectivity index (χ1) is 31.6. The monoisotopic (exact) mass is 977 g/mol. The maximum atomic E-state index is 8.07. The highest BCUT2D eigenvalue weighted by molar-refractivity contribution is 7.48. The molecule has 67 heavy (non-hydrogen) atoms. The van der Waals surface area contributed by atoms with Crippen molar-refractivity contribution in [3.05, 3.63) is 0 Å². The summed E-state index contributed by atoms with van der Waals surface area (Å²) in [5, 5.41) is 0. The van der Waals surface area contributed by atoms with Gasteiger partial charge in [-0.2, -0.15) is 0 Å². The van der Waals surface area contributed by atoms with E-state index in [2.05, 4.69) is 83.1 Å². The van der Waals surface area contributed by atoms with Crippen molar-refractivity contribution >= 4 is 16.8 Å². The Bertz CT molecular complexity index is 1610. The van der Waals surface area contributed by atoms with Crippen molar-refractivity contribution < 1.29 is 41.8 Å². The lowest BCUT2D eigenvalue weighted by Crippen LogP contribution is -2.61. The minimum Gasteiger partial charge on any atom is -0.381 e. The third-order valence-corrected chi connectivity index (χ3v) is 24.8. The molecule has 9 rings (SSSR count). The zero-order valence-corrected chi connectivity index (χ0v) is 47.0. The number of hydrogen-bond acceptors (Lipinski definition) is 9. The summed E-state index contributed by atoms with van der Waals surface area (Å²) in [5.41, 5.74) is 0.751. The second-order valence-corrected chi connectivity index (χ2v) is 31.1. The summed E-state index contributed by atoms with van der Waals surface area (Å²) in [4.78, 5) is 0. The van der Waals surface area contributed by atoms with Crippen molar-refractivity contribution in [1.29, 1.82) is 0 Å². The third-order valence-electron chi connectivity index (χ3n) is 20.8. The highest BCUT2D eigenvalue weighted by Crippen LogP contribution is 2.69. The van der Waals surface area contributed by atoms with E-state index in [1.807, 2.05) is 28.4 Å². The maximum absolute atomic E-state index is 8.07. The van der Waals surface area contributed by atoms with Crippen molar-refractivity contribution in [2.24, 2.45) is 80.8 Å². The summed E-state index contributed by atoms with van der Waals surface area (Å²) >= 11 is 0. The molecular formula is C56H98O9P2. The maximum Gasteiger partial charge on any atom is 0.177 e. The first kappa shape index (κ1) is 52.4. The van der Waals surface area contributed by atoms with E-state index in [1.54, 1.807) is 0 Å². The Morgan fingerprint density at radius 3 is 1.06 bits per heavy atom. The third kappa shape index (κ3) is 9.98. The Balaban J connectivity index is 1.08. The molecule has 3 heterocycles. The van der Waals surface area contributed by atoms with Gasteiger partial charge in [-0.3, -0.25) is 0 Å². The molecule has 0 aromatic rings. The van der Waals surface area contributed by atoms with E-state index in [9.17, 15) is 0 Å². The van der Waals surface area contributed by atoms with Gasteiger partial charge in [0.2, 0.25) is 0 Å². The van der Waals surface area contributed by atoms with Gasteiger partial charge in [0, 0.05) is 28.4 Å². The van der Waals surface area contributed by atoms with Gasteiger partial charge in [-0.15, -0.1) is 0 Å². The standard InChI is InChI=1S/C56H98O9P2/c1-31-23-32(57-13)24-36-37-25-33(58-14)28-42(53(2,3)4)48(37)63-66(62-47(31)36)45-21-17-19-40-51(45)61-52-41(56(40,11)12)20-18-22-46(52)67-64-49-38(26-34(59-15)29-43(49)54(5,6)7)39-27-35(60-16)30-44(50(39)65-67)55(8,9)10/h31-52H,17-30H2,1-16H3. The van der Waals surface area contributed by atoms with Crippen molar-refractivity contribution in [3.63, 3.8) is 0 Å². The summed E-state index contributed by atoms with van der Waals surface area (Å²) in [7, 11) is 5.18. The second-order valence-electron chi connectivity index (χ2n) is 27.8. The largest absolute Gasteiger partial charge is 0.381 e. The van der Waals surface area contributed by atoms with Gasteiger partial charge in [0.25, 0.3) is 0 Å². The number of rotatable bonds is 6. The molecular weight excluding hydrogens is 879 g/mol. The van der Waals surface area contributed by atoms with Gasteiger partial charge in [-0.1, -0.05) is 95.9 Å². The number of hydrogen-bond donors (Lipinski definition) is 0. The topological polar surface area (TPSA) is 83.1 Å². The summed E-state index contributed by atoms with van der Waals surface area (Å²) < 4.78 is 64.6. The average molecular weight is 977 g/mol. The summed E-state index contributed by atoms with van der Waals surface area (Å²) in [6.07, 6.45) is 17.0. The van der Waals surface area contributed by atoms with E-state index >= 15 is 0 Å². The molecule has 0 spiro atoms.